The van der Waals surface area contributed by atoms with Crippen LogP contribution in [0.1, 0.15) is 19.5 Å². The molecule has 1 aromatic carbocycles. The van der Waals surface area contributed by atoms with E-state index in [-0.39, 0.29) is 11.4 Å². The van der Waals surface area contributed by atoms with E-state index in [9.17, 15) is 9.18 Å². The van der Waals surface area contributed by atoms with E-state index in [2.05, 4.69) is 15.3 Å². The first kappa shape index (κ1) is 13.4. The first-order valence-corrected chi connectivity index (χ1v) is 6.14. The van der Waals surface area contributed by atoms with Gasteiger partial charge in [0, 0.05) is 24.2 Å². The van der Waals surface area contributed by atoms with Crippen LogP contribution in [0.3, 0.4) is 0 Å². The summed E-state index contributed by atoms with van der Waals surface area (Å²) in [6.45, 7) is 4.57. The van der Waals surface area contributed by atoms with E-state index in [1.165, 1.54) is 18.2 Å². The van der Waals surface area contributed by atoms with Crippen LogP contribution in [-0.2, 0) is 6.54 Å². The lowest BCUT2D eigenvalue weighted by Gasteiger charge is -2.08. The highest BCUT2D eigenvalue weighted by Gasteiger charge is 2.05. The number of nitrogens with one attached hydrogen (secondary N) is 2. The zero-order valence-electron chi connectivity index (χ0n) is 10.9. The number of nitrogens with zero attached hydrogens (tertiary/aromatic N) is 1. The van der Waals surface area contributed by atoms with Gasteiger partial charge in [0.15, 0.2) is 0 Å². The summed E-state index contributed by atoms with van der Waals surface area (Å²) in [6.07, 6.45) is 0. The fraction of sp³-hybridized carbons (Fsp3) is 0.286. The molecule has 19 heavy (non-hydrogen) atoms. The molecule has 0 amide bonds. The summed E-state index contributed by atoms with van der Waals surface area (Å²) < 4.78 is 12.9. The molecular weight excluding hydrogens is 245 g/mol. The van der Waals surface area contributed by atoms with Gasteiger partial charge in [-0.05, 0) is 24.3 Å². The average molecular weight is 261 g/mol. The van der Waals surface area contributed by atoms with E-state index in [0.717, 1.165) is 0 Å². The molecule has 5 heteroatoms. The van der Waals surface area contributed by atoms with Crippen molar-refractivity contribution in [3.05, 3.63) is 52.2 Å². The number of benzene rings is 1. The predicted octanol–water partition coefficient (Wildman–Crippen LogP) is 2.07. The van der Waals surface area contributed by atoms with Crippen molar-refractivity contribution >= 4 is 0 Å². The SMILES string of the molecule is CC(C)NCc1cc(=O)[nH]c(-c2ccc(F)cc2)n1. The molecule has 0 radical (unpaired) electrons. The third kappa shape index (κ3) is 3.72. The van der Waals surface area contributed by atoms with Gasteiger partial charge in [0.2, 0.25) is 0 Å². The van der Waals surface area contributed by atoms with Crippen LogP contribution in [0.15, 0.2) is 35.1 Å². The van der Waals surface area contributed by atoms with E-state index in [1.807, 2.05) is 13.8 Å². The second-order valence-corrected chi connectivity index (χ2v) is 4.63. The van der Waals surface area contributed by atoms with Crippen LogP contribution in [0.25, 0.3) is 11.4 Å². The van der Waals surface area contributed by atoms with Crippen molar-refractivity contribution in [3.8, 4) is 11.4 Å². The Morgan fingerprint density at radius 3 is 2.63 bits per heavy atom. The van der Waals surface area contributed by atoms with Crippen molar-refractivity contribution in [2.75, 3.05) is 0 Å². The van der Waals surface area contributed by atoms with Crippen molar-refractivity contribution in [2.24, 2.45) is 0 Å². The minimum atomic E-state index is -0.316. The Labute approximate surface area is 110 Å². The van der Waals surface area contributed by atoms with Crippen LogP contribution < -0.4 is 10.9 Å². The molecule has 0 atom stereocenters. The smallest absolute Gasteiger partial charge is 0.251 e. The molecule has 1 heterocycles. The van der Waals surface area contributed by atoms with Gasteiger partial charge in [-0.1, -0.05) is 13.8 Å². The molecule has 4 nitrogen and oxygen atoms in total. The van der Waals surface area contributed by atoms with Crippen LogP contribution in [-0.4, -0.2) is 16.0 Å². The second-order valence-electron chi connectivity index (χ2n) is 4.63. The summed E-state index contributed by atoms with van der Waals surface area (Å²) >= 11 is 0. The first-order valence-electron chi connectivity index (χ1n) is 6.14. The van der Waals surface area contributed by atoms with Gasteiger partial charge >= 0.3 is 0 Å². The molecule has 2 rings (SSSR count). The third-order valence-electron chi connectivity index (χ3n) is 2.60. The number of hydrogen-bond donors (Lipinski definition) is 2. The average Bonchev–Trinajstić information content (AvgIpc) is 2.36. The minimum absolute atomic E-state index is 0.213. The largest absolute Gasteiger partial charge is 0.309 e. The molecule has 0 bridgehead atoms. The normalized spacial score (nSPS) is 10.9. The van der Waals surface area contributed by atoms with Crippen LogP contribution >= 0.6 is 0 Å². The summed E-state index contributed by atoms with van der Waals surface area (Å²) in [5, 5.41) is 3.20. The van der Waals surface area contributed by atoms with Crippen LogP contribution in [0.2, 0.25) is 0 Å². The number of aromatic amines is 1. The van der Waals surface area contributed by atoms with E-state index >= 15 is 0 Å². The number of rotatable bonds is 4. The van der Waals surface area contributed by atoms with Gasteiger partial charge in [0.1, 0.15) is 11.6 Å². The molecule has 0 fully saturated rings. The number of hydrogen-bond acceptors (Lipinski definition) is 3. The van der Waals surface area contributed by atoms with Crippen LogP contribution in [0, 0.1) is 5.82 Å². The van der Waals surface area contributed by atoms with E-state index in [1.54, 1.807) is 12.1 Å². The Balaban J connectivity index is 2.30. The van der Waals surface area contributed by atoms with Gasteiger partial charge in [0.25, 0.3) is 5.56 Å². The Bertz CT molecular complexity index is 605. The summed E-state index contributed by atoms with van der Waals surface area (Å²) in [5.74, 6) is 0.136. The maximum atomic E-state index is 12.9. The molecule has 2 N–H and O–H groups in total. The van der Waals surface area contributed by atoms with E-state index in [4.69, 9.17) is 0 Å². The van der Waals surface area contributed by atoms with E-state index in [0.29, 0.717) is 29.7 Å². The molecule has 0 aliphatic heterocycles. The Kier molecular flexibility index (Phi) is 4.06. The summed E-state index contributed by atoms with van der Waals surface area (Å²) in [6, 6.07) is 7.64. The van der Waals surface area contributed by atoms with Crippen LogP contribution in [0.5, 0.6) is 0 Å². The molecular formula is C14H16FN3O. The Morgan fingerprint density at radius 1 is 1.32 bits per heavy atom. The standard InChI is InChI=1S/C14H16FN3O/c1-9(2)16-8-12-7-13(19)18-14(17-12)10-3-5-11(15)6-4-10/h3-7,9,16H,8H2,1-2H3,(H,17,18,19). The van der Waals surface area contributed by atoms with Gasteiger partial charge < -0.3 is 10.3 Å². The fourth-order valence-corrected chi connectivity index (χ4v) is 1.65. The lowest BCUT2D eigenvalue weighted by Crippen LogP contribution is -2.24. The maximum absolute atomic E-state index is 12.9. The van der Waals surface area contributed by atoms with Gasteiger partial charge in [-0.15, -0.1) is 0 Å². The summed E-state index contributed by atoms with van der Waals surface area (Å²) in [5.41, 5.74) is 1.14. The van der Waals surface area contributed by atoms with Gasteiger partial charge in [-0.2, -0.15) is 0 Å². The fourth-order valence-electron chi connectivity index (χ4n) is 1.65. The van der Waals surface area contributed by atoms with Gasteiger partial charge in [-0.3, -0.25) is 4.79 Å². The highest BCUT2D eigenvalue weighted by atomic mass is 19.1. The zero-order chi connectivity index (χ0) is 13.8. The van der Waals surface area contributed by atoms with Crippen LogP contribution in [0.4, 0.5) is 4.39 Å². The van der Waals surface area contributed by atoms with Crippen molar-refractivity contribution in [1.82, 2.24) is 15.3 Å². The Morgan fingerprint density at radius 2 is 2.00 bits per heavy atom. The highest BCUT2D eigenvalue weighted by Crippen LogP contribution is 2.14. The first-order chi connectivity index (χ1) is 9.04. The number of halogens is 1. The number of aromatic nitrogens is 2. The monoisotopic (exact) mass is 261 g/mol. The van der Waals surface area contributed by atoms with Crippen molar-refractivity contribution < 1.29 is 4.39 Å². The molecule has 0 saturated carbocycles. The number of H-pyrrole nitrogens is 1. The minimum Gasteiger partial charge on any atom is -0.309 e. The van der Waals surface area contributed by atoms with Crippen molar-refractivity contribution in [3.63, 3.8) is 0 Å². The molecule has 0 unspecified atom stereocenters. The van der Waals surface area contributed by atoms with Gasteiger partial charge in [-0.25, -0.2) is 9.37 Å². The topological polar surface area (TPSA) is 57.8 Å². The summed E-state index contributed by atoms with van der Waals surface area (Å²) in [4.78, 5) is 18.6. The molecule has 1 aromatic heterocycles. The predicted molar refractivity (Wildman–Crippen MR) is 72.2 cm³/mol. The Hall–Kier alpha value is -2.01. The van der Waals surface area contributed by atoms with E-state index < -0.39 is 0 Å². The third-order valence-corrected chi connectivity index (χ3v) is 2.60. The molecule has 0 aliphatic carbocycles. The molecule has 0 saturated heterocycles. The van der Waals surface area contributed by atoms with Crippen molar-refractivity contribution in [1.29, 1.82) is 0 Å². The lowest BCUT2D eigenvalue weighted by atomic mass is 10.2. The lowest BCUT2D eigenvalue weighted by molar-refractivity contribution is 0.580. The quantitative estimate of drug-likeness (QED) is 0.886. The zero-order valence-corrected chi connectivity index (χ0v) is 10.9. The summed E-state index contributed by atoms with van der Waals surface area (Å²) in [7, 11) is 0. The molecule has 0 aliphatic rings. The second kappa shape index (κ2) is 5.75. The molecule has 0 spiro atoms. The highest BCUT2D eigenvalue weighted by molar-refractivity contribution is 5.54. The van der Waals surface area contributed by atoms with Crippen molar-refractivity contribution in [2.45, 2.75) is 26.4 Å². The maximum Gasteiger partial charge on any atom is 0.251 e. The van der Waals surface area contributed by atoms with Gasteiger partial charge in [0.05, 0.1) is 5.69 Å². The molecule has 100 valence electrons. The molecule has 2 aromatic rings.